The molecule has 1 aliphatic rings. The number of rotatable bonds is 9. The summed E-state index contributed by atoms with van der Waals surface area (Å²) in [5.41, 5.74) is 5.54. The minimum atomic E-state index is 0.140. The summed E-state index contributed by atoms with van der Waals surface area (Å²) in [4.78, 5) is 2.37. The van der Waals surface area contributed by atoms with Gasteiger partial charge in [-0.15, -0.1) is 0 Å². The molecule has 0 spiro atoms. The lowest BCUT2D eigenvalue weighted by molar-refractivity contribution is 0.198. The summed E-state index contributed by atoms with van der Waals surface area (Å²) in [7, 11) is 2.16. The van der Waals surface area contributed by atoms with Gasteiger partial charge in [0.25, 0.3) is 0 Å². The van der Waals surface area contributed by atoms with E-state index in [2.05, 4.69) is 36.2 Å². The van der Waals surface area contributed by atoms with Gasteiger partial charge in [0.05, 0.1) is 0 Å². The van der Waals surface area contributed by atoms with Crippen LogP contribution in [0.3, 0.4) is 0 Å². The van der Waals surface area contributed by atoms with Gasteiger partial charge >= 0.3 is 0 Å². The number of aliphatic hydroxyl groups is 1. The molecule has 3 aromatic rings. The molecular weight excluding hydrogens is 410 g/mol. The summed E-state index contributed by atoms with van der Waals surface area (Å²) in [5, 5.41) is 19.4. The molecule has 1 aliphatic heterocycles. The Morgan fingerprint density at radius 2 is 1.58 bits per heavy atom. The Labute approximate surface area is 196 Å². The van der Waals surface area contributed by atoms with Crippen LogP contribution in [-0.2, 0) is 0 Å². The number of hydrogen-bond donors (Lipinski definition) is 2. The number of ether oxygens (including phenoxy) is 1. The molecule has 1 saturated heterocycles. The molecule has 0 amide bonds. The number of hydrogen-bond acceptors (Lipinski definition) is 4. The van der Waals surface area contributed by atoms with Crippen LogP contribution in [0.15, 0.2) is 78.9 Å². The molecule has 0 bridgehead atoms. The Balaban J connectivity index is 1.69. The SMILES string of the molecule is CN1CCCC1COc1ccc(/C(=C(/CCCO)c2ccccc2)c2ccc(O)cc2)cc1. The van der Waals surface area contributed by atoms with Crippen molar-refractivity contribution in [1.82, 2.24) is 4.90 Å². The zero-order valence-corrected chi connectivity index (χ0v) is 19.3. The first-order valence-corrected chi connectivity index (χ1v) is 11.8. The Hall–Kier alpha value is -3.08. The Kier molecular flexibility index (Phi) is 7.82. The maximum Gasteiger partial charge on any atom is 0.119 e. The van der Waals surface area contributed by atoms with Gasteiger partial charge in [0.2, 0.25) is 0 Å². The topological polar surface area (TPSA) is 52.9 Å². The second-order valence-electron chi connectivity index (χ2n) is 8.71. The number of aromatic hydroxyl groups is 1. The van der Waals surface area contributed by atoms with Crippen LogP contribution in [0, 0.1) is 0 Å². The third-order valence-corrected chi connectivity index (χ3v) is 6.42. The molecule has 4 heteroatoms. The van der Waals surface area contributed by atoms with Crippen LogP contribution >= 0.6 is 0 Å². The second-order valence-corrected chi connectivity index (χ2v) is 8.71. The van der Waals surface area contributed by atoms with Gasteiger partial charge in [-0.05, 0) is 91.4 Å². The lowest BCUT2D eigenvalue weighted by atomic mass is 9.87. The molecule has 1 atom stereocenters. The third-order valence-electron chi connectivity index (χ3n) is 6.42. The molecule has 172 valence electrons. The standard InChI is InChI=1S/C29H33NO3/c1-30-19-5-9-25(30)21-33-27-17-13-24(14-18-27)29(23-11-15-26(32)16-12-23)28(10-6-20-31)22-7-3-2-4-8-22/h2-4,7-8,11-18,25,31-32H,5-6,9-10,19-21H2,1H3/b29-28-. The smallest absolute Gasteiger partial charge is 0.119 e. The van der Waals surface area contributed by atoms with Crippen LogP contribution in [0.5, 0.6) is 11.5 Å². The largest absolute Gasteiger partial charge is 0.508 e. The maximum absolute atomic E-state index is 9.84. The fourth-order valence-electron chi connectivity index (χ4n) is 4.55. The molecule has 1 unspecified atom stereocenters. The molecule has 1 fully saturated rings. The first-order chi connectivity index (χ1) is 16.2. The number of benzene rings is 3. The summed E-state index contributed by atoms with van der Waals surface area (Å²) in [6.45, 7) is 1.99. The van der Waals surface area contributed by atoms with Crippen molar-refractivity contribution in [2.45, 2.75) is 31.7 Å². The van der Waals surface area contributed by atoms with E-state index in [1.165, 1.54) is 18.4 Å². The minimum Gasteiger partial charge on any atom is -0.508 e. The molecule has 4 rings (SSSR count). The summed E-state index contributed by atoms with van der Waals surface area (Å²) >= 11 is 0. The van der Waals surface area contributed by atoms with E-state index in [4.69, 9.17) is 4.74 Å². The van der Waals surface area contributed by atoms with E-state index in [0.717, 1.165) is 41.0 Å². The van der Waals surface area contributed by atoms with Gasteiger partial charge in [-0.1, -0.05) is 54.6 Å². The fourth-order valence-corrected chi connectivity index (χ4v) is 4.55. The van der Waals surface area contributed by atoms with Crippen molar-refractivity contribution in [2.24, 2.45) is 0 Å². The van der Waals surface area contributed by atoms with E-state index in [9.17, 15) is 10.2 Å². The Bertz CT molecular complexity index is 1040. The van der Waals surface area contributed by atoms with Gasteiger partial charge in [-0.2, -0.15) is 0 Å². The predicted octanol–water partition coefficient (Wildman–Crippen LogP) is 5.60. The van der Waals surface area contributed by atoms with E-state index in [1.54, 1.807) is 12.1 Å². The van der Waals surface area contributed by atoms with Gasteiger partial charge in [0.1, 0.15) is 18.1 Å². The average Bonchev–Trinajstić information content (AvgIpc) is 3.27. The van der Waals surface area contributed by atoms with E-state index < -0.39 is 0 Å². The van der Waals surface area contributed by atoms with Crippen LogP contribution < -0.4 is 4.74 Å². The first-order valence-electron chi connectivity index (χ1n) is 11.8. The highest BCUT2D eigenvalue weighted by atomic mass is 16.5. The third kappa shape index (κ3) is 5.84. The summed E-state index contributed by atoms with van der Waals surface area (Å²) in [5.74, 6) is 1.12. The van der Waals surface area contributed by atoms with Crippen molar-refractivity contribution in [3.05, 3.63) is 95.6 Å². The van der Waals surface area contributed by atoms with Crippen LogP contribution in [0.1, 0.15) is 42.4 Å². The molecule has 4 nitrogen and oxygen atoms in total. The van der Waals surface area contributed by atoms with Crippen molar-refractivity contribution in [1.29, 1.82) is 0 Å². The number of aliphatic hydroxyl groups excluding tert-OH is 1. The average molecular weight is 444 g/mol. The van der Waals surface area contributed by atoms with E-state index >= 15 is 0 Å². The van der Waals surface area contributed by atoms with Crippen molar-refractivity contribution < 1.29 is 14.9 Å². The second kappa shape index (κ2) is 11.2. The van der Waals surface area contributed by atoms with Gasteiger partial charge in [0, 0.05) is 12.6 Å². The quantitative estimate of drug-likeness (QED) is 0.423. The zero-order valence-electron chi connectivity index (χ0n) is 19.3. The van der Waals surface area contributed by atoms with Crippen molar-refractivity contribution >= 4 is 11.1 Å². The van der Waals surface area contributed by atoms with Crippen LogP contribution in [-0.4, -0.2) is 48.0 Å². The highest BCUT2D eigenvalue weighted by molar-refractivity contribution is 5.98. The first kappa shape index (κ1) is 23.1. The molecule has 1 heterocycles. The molecular formula is C29H33NO3. The number of nitrogens with zero attached hydrogens (tertiary/aromatic N) is 1. The fraction of sp³-hybridized carbons (Fsp3) is 0.310. The summed E-state index contributed by atoms with van der Waals surface area (Å²) < 4.78 is 6.10. The molecule has 3 aromatic carbocycles. The monoisotopic (exact) mass is 443 g/mol. The molecule has 2 N–H and O–H groups in total. The maximum atomic E-state index is 9.84. The van der Waals surface area contributed by atoms with Crippen LogP contribution in [0.25, 0.3) is 11.1 Å². The van der Waals surface area contributed by atoms with Crippen LogP contribution in [0.4, 0.5) is 0 Å². The highest BCUT2D eigenvalue weighted by Crippen LogP contribution is 2.36. The lowest BCUT2D eigenvalue weighted by Crippen LogP contribution is -2.30. The number of phenolic OH excluding ortho intramolecular Hbond substituents is 1. The number of likely N-dealkylation sites (N-methyl/N-ethyl adjacent to an activating group) is 1. The molecule has 0 aromatic heterocycles. The van der Waals surface area contributed by atoms with Crippen molar-refractivity contribution in [2.75, 3.05) is 26.8 Å². The highest BCUT2D eigenvalue weighted by Gasteiger charge is 2.21. The molecule has 33 heavy (non-hydrogen) atoms. The van der Waals surface area contributed by atoms with Gasteiger partial charge < -0.3 is 19.8 Å². The van der Waals surface area contributed by atoms with Gasteiger partial charge in [0.15, 0.2) is 0 Å². The normalized spacial score (nSPS) is 17.1. The molecule has 0 saturated carbocycles. The summed E-state index contributed by atoms with van der Waals surface area (Å²) in [6.07, 6.45) is 3.86. The molecule has 0 aliphatic carbocycles. The number of phenols is 1. The summed E-state index contributed by atoms with van der Waals surface area (Å²) in [6, 6.07) is 26.5. The van der Waals surface area contributed by atoms with Crippen molar-refractivity contribution in [3.63, 3.8) is 0 Å². The minimum absolute atomic E-state index is 0.140. The van der Waals surface area contributed by atoms with Gasteiger partial charge in [-0.25, -0.2) is 0 Å². The van der Waals surface area contributed by atoms with Crippen LogP contribution in [0.2, 0.25) is 0 Å². The Morgan fingerprint density at radius 1 is 0.909 bits per heavy atom. The van der Waals surface area contributed by atoms with E-state index in [1.807, 2.05) is 42.5 Å². The van der Waals surface area contributed by atoms with E-state index in [0.29, 0.717) is 19.1 Å². The lowest BCUT2D eigenvalue weighted by Gasteiger charge is -2.20. The van der Waals surface area contributed by atoms with Gasteiger partial charge in [-0.3, -0.25) is 0 Å². The number of allylic oxidation sites excluding steroid dienone is 1. The predicted molar refractivity (Wildman–Crippen MR) is 134 cm³/mol. The Morgan fingerprint density at radius 3 is 2.18 bits per heavy atom. The zero-order chi connectivity index (χ0) is 23.0. The van der Waals surface area contributed by atoms with Crippen molar-refractivity contribution in [3.8, 4) is 11.5 Å². The molecule has 0 radical (unpaired) electrons. The number of likely N-dealkylation sites (tertiary alicyclic amines) is 1. The van der Waals surface area contributed by atoms with E-state index in [-0.39, 0.29) is 12.4 Å².